The van der Waals surface area contributed by atoms with Crippen molar-refractivity contribution in [3.8, 4) is 0 Å². The fourth-order valence-electron chi connectivity index (χ4n) is 18.5. The SMILES string of the molecule is O=C1CC(C2CCCCC2)OC2CCC(N3C4CCCCC4C4CC5C(CC43)OC3CCC(C4CCC(N6C7CCCCC7C7CCCNC76)CC4)CC35)CC12. The molecule has 7 aliphatic carbocycles. The summed E-state index contributed by atoms with van der Waals surface area (Å²) in [5.41, 5.74) is 0. The van der Waals surface area contributed by atoms with Gasteiger partial charge < -0.3 is 14.8 Å². The average molecular weight is 770 g/mol. The van der Waals surface area contributed by atoms with Crippen LogP contribution in [0.1, 0.15) is 180 Å². The fraction of sp³-hybridized carbons (Fsp3) is 0.980. The first kappa shape index (κ1) is 37.2. The van der Waals surface area contributed by atoms with Gasteiger partial charge in [-0.2, -0.15) is 0 Å². The van der Waals surface area contributed by atoms with Crippen LogP contribution in [0.3, 0.4) is 0 Å². The fourth-order valence-corrected chi connectivity index (χ4v) is 18.5. The van der Waals surface area contributed by atoms with E-state index in [2.05, 4.69) is 15.1 Å². The maximum absolute atomic E-state index is 13.9. The lowest BCUT2D eigenvalue weighted by Crippen LogP contribution is -2.55. The number of ketones is 1. The van der Waals surface area contributed by atoms with E-state index in [-0.39, 0.29) is 18.1 Å². The Morgan fingerprint density at radius 2 is 1.09 bits per heavy atom. The first-order valence-electron chi connectivity index (χ1n) is 25.8. The Balaban J connectivity index is 0.699. The summed E-state index contributed by atoms with van der Waals surface area (Å²) in [5.74, 6) is 8.59. The van der Waals surface area contributed by atoms with Gasteiger partial charge in [-0.25, -0.2) is 0 Å². The third kappa shape index (κ3) is 6.33. The van der Waals surface area contributed by atoms with Crippen molar-refractivity contribution in [3.05, 3.63) is 0 Å². The molecular weight excluding hydrogens is 691 g/mol. The second-order valence-corrected chi connectivity index (χ2v) is 22.9. The van der Waals surface area contributed by atoms with Gasteiger partial charge in [-0.1, -0.05) is 44.9 Å². The van der Waals surface area contributed by atoms with Gasteiger partial charge in [0.05, 0.1) is 30.6 Å². The van der Waals surface area contributed by atoms with E-state index in [0.717, 1.165) is 78.3 Å². The zero-order valence-electron chi connectivity index (χ0n) is 35.2. The van der Waals surface area contributed by atoms with E-state index in [4.69, 9.17) is 9.47 Å². The number of carbonyl (C=O) groups is 1. The number of nitrogens with zero attached hydrogens (tertiary/aromatic N) is 2. The number of ether oxygens (including phenoxy) is 2. The predicted molar refractivity (Wildman–Crippen MR) is 221 cm³/mol. The van der Waals surface area contributed by atoms with Crippen molar-refractivity contribution in [1.82, 2.24) is 15.1 Å². The number of hydrogen-bond donors (Lipinski definition) is 1. The summed E-state index contributed by atoms with van der Waals surface area (Å²) in [6, 6.07) is 3.77. The van der Waals surface area contributed by atoms with Gasteiger partial charge >= 0.3 is 0 Å². The molecule has 0 bridgehead atoms. The number of rotatable bonds is 4. The number of hydrogen-bond acceptors (Lipinski definition) is 6. The summed E-state index contributed by atoms with van der Waals surface area (Å²) in [5, 5.41) is 4.08. The summed E-state index contributed by atoms with van der Waals surface area (Å²) in [7, 11) is 0. The number of nitrogens with one attached hydrogen (secondary N) is 1. The minimum atomic E-state index is 0.156. The second-order valence-electron chi connectivity index (χ2n) is 22.9. The van der Waals surface area contributed by atoms with Crippen LogP contribution in [0.15, 0.2) is 0 Å². The lowest BCUT2D eigenvalue weighted by atomic mass is 9.62. The van der Waals surface area contributed by atoms with Gasteiger partial charge in [-0.05, 0) is 188 Å². The lowest BCUT2D eigenvalue weighted by molar-refractivity contribution is -0.163. The highest BCUT2D eigenvalue weighted by Crippen LogP contribution is 2.59. The monoisotopic (exact) mass is 770 g/mol. The molecule has 5 heterocycles. The molecule has 12 rings (SSSR count). The minimum absolute atomic E-state index is 0.156. The van der Waals surface area contributed by atoms with Gasteiger partial charge in [-0.3, -0.25) is 14.6 Å². The molecule has 17 unspecified atom stereocenters. The third-order valence-electron chi connectivity index (χ3n) is 20.7. The van der Waals surface area contributed by atoms with E-state index in [0.29, 0.717) is 48.6 Å². The minimum Gasteiger partial charge on any atom is -0.374 e. The first-order chi connectivity index (χ1) is 27.7. The van der Waals surface area contributed by atoms with Crippen LogP contribution in [-0.2, 0) is 14.3 Å². The molecular formula is C50H79N3O3. The van der Waals surface area contributed by atoms with Crippen molar-refractivity contribution < 1.29 is 14.3 Å². The summed E-state index contributed by atoms with van der Waals surface area (Å²) < 4.78 is 14.1. The Morgan fingerprint density at radius 1 is 0.429 bits per heavy atom. The molecule has 17 atom stereocenters. The molecule has 6 nitrogen and oxygen atoms in total. The molecule has 12 fully saturated rings. The molecule has 5 saturated heterocycles. The van der Waals surface area contributed by atoms with E-state index < -0.39 is 0 Å². The van der Waals surface area contributed by atoms with Crippen molar-refractivity contribution in [2.24, 2.45) is 59.2 Å². The van der Waals surface area contributed by atoms with Gasteiger partial charge in [0.1, 0.15) is 5.78 Å². The van der Waals surface area contributed by atoms with Gasteiger partial charge in [0.25, 0.3) is 0 Å². The van der Waals surface area contributed by atoms with E-state index in [1.807, 2.05) is 0 Å². The molecule has 12 aliphatic rings. The van der Waals surface area contributed by atoms with E-state index in [1.54, 1.807) is 0 Å². The van der Waals surface area contributed by atoms with Crippen molar-refractivity contribution in [3.63, 3.8) is 0 Å². The van der Waals surface area contributed by atoms with Crippen molar-refractivity contribution >= 4 is 5.78 Å². The van der Waals surface area contributed by atoms with Crippen LogP contribution < -0.4 is 5.32 Å². The largest absolute Gasteiger partial charge is 0.374 e. The first-order valence-corrected chi connectivity index (χ1v) is 25.8. The highest BCUT2D eigenvalue weighted by Gasteiger charge is 2.61. The zero-order chi connectivity index (χ0) is 36.9. The van der Waals surface area contributed by atoms with Gasteiger partial charge in [0, 0.05) is 42.5 Å². The normalized spacial score (nSPS) is 53.9. The van der Waals surface area contributed by atoms with Crippen LogP contribution in [0, 0.1) is 59.2 Å². The molecule has 0 aromatic carbocycles. The molecule has 0 amide bonds. The summed E-state index contributed by atoms with van der Waals surface area (Å²) in [6.07, 6.45) is 40.4. The van der Waals surface area contributed by atoms with Gasteiger partial charge in [0.2, 0.25) is 0 Å². The van der Waals surface area contributed by atoms with Crippen LogP contribution in [0.4, 0.5) is 0 Å². The standard InChI is InChI=1S/C50H79N3O3/c54-45-29-48(31-9-2-1-3-10-31)55-47-23-21-34(26-41(45)47)52-42-14-6-5-12-36(42)38-27-40-39-25-32(18-22-46(39)56-49(40)28-44(38)52)30-16-19-33(20-17-30)53-43-15-7-4-11-35(43)37-13-8-24-51-50(37)53/h30-44,46-51H,1-29H2. The van der Waals surface area contributed by atoms with Crippen LogP contribution in [0.2, 0.25) is 0 Å². The van der Waals surface area contributed by atoms with Crippen molar-refractivity contribution in [2.75, 3.05) is 6.54 Å². The highest BCUT2D eigenvalue weighted by molar-refractivity contribution is 5.83. The summed E-state index contributed by atoms with van der Waals surface area (Å²) in [6.45, 7) is 1.25. The Hall–Kier alpha value is -0.530. The van der Waals surface area contributed by atoms with E-state index >= 15 is 0 Å². The van der Waals surface area contributed by atoms with Crippen LogP contribution >= 0.6 is 0 Å². The molecule has 6 heteroatoms. The van der Waals surface area contributed by atoms with Gasteiger partial charge in [0.15, 0.2) is 0 Å². The summed E-state index contributed by atoms with van der Waals surface area (Å²) in [4.78, 5) is 20.1. The molecule has 7 saturated carbocycles. The number of likely N-dealkylation sites (tertiary alicyclic amines) is 2. The number of carbonyl (C=O) groups excluding carboxylic acids is 1. The number of fused-ring (bicyclic) bond motifs is 10. The van der Waals surface area contributed by atoms with E-state index in [9.17, 15) is 4.79 Å². The smallest absolute Gasteiger partial charge is 0.141 e. The Kier molecular flexibility index (Phi) is 10.3. The maximum atomic E-state index is 13.9. The Labute approximate surface area is 340 Å². The molecule has 0 radical (unpaired) electrons. The molecule has 5 aliphatic heterocycles. The zero-order valence-corrected chi connectivity index (χ0v) is 35.2. The van der Waals surface area contributed by atoms with Crippen molar-refractivity contribution in [1.29, 1.82) is 0 Å². The molecule has 0 aromatic rings. The van der Waals surface area contributed by atoms with Gasteiger partial charge in [-0.15, -0.1) is 0 Å². The summed E-state index contributed by atoms with van der Waals surface area (Å²) >= 11 is 0. The van der Waals surface area contributed by atoms with Crippen molar-refractivity contribution in [2.45, 2.75) is 241 Å². The second kappa shape index (κ2) is 15.4. The van der Waals surface area contributed by atoms with Crippen LogP contribution in [0.25, 0.3) is 0 Å². The quantitative estimate of drug-likeness (QED) is 0.308. The number of piperidine rings is 1. The Bertz CT molecular complexity index is 1390. The van der Waals surface area contributed by atoms with Crippen LogP contribution in [0.5, 0.6) is 0 Å². The lowest BCUT2D eigenvalue weighted by Gasteiger charge is -2.49. The van der Waals surface area contributed by atoms with E-state index in [1.165, 1.54) is 167 Å². The highest BCUT2D eigenvalue weighted by atomic mass is 16.5. The molecule has 0 spiro atoms. The molecule has 0 aromatic heterocycles. The molecule has 1 N–H and O–H groups in total. The average Bonchev–Trinajstić information content (AvgIpc) is 3.90. The molecule has 312 valence electrons. The predicted octanol–water partition coefficient (Wildman–Crippen LogP) is 9.67. The van der Waals surface area contributed by atoms with Crippen LogP contribution in [-0.4, -0.2) is 82.9 Å². The topological polar surface area (TPSA) is 54.0 Å². The third-order valence-corrected chi connectivity index (χ3v) is 20.7. The Morgan fingerprint density at radius 3 is 1.93 bits per heavy atom. The maximum Gasteiger partial charge on any atom is 0.141 e. The molecule has 56 heavy (non-hydrogen) atoms. The number of Topliss-reactive ketones (excluding diaryl/α,β-unsaturated/α-hetero) is 1.